The predicted octanol–water partition coefficient (Wildman–Crippen LogP) is 1.52. The maximum absolute atomic E-state index is 9.38. The highest BCUT2D eigenvalue weighted by atomic mass is 16.3. The van der Waals surface area contributed by atoms with E-state index in [1.807, 2.05) is 0 Å². The zero-order valence-electron chi connectivity index (χ0n) is 6.63. The Kier molecular flexibility index (Phi) is 1.89. The van der Waals surface area contributed by atoms with Gasteiger partial charge in [-0.2, -0.15) is 0 Å². The van der Waals surface area contributed by atoms with E-state index in [0.29, 0.717) is 11.4 Å². The van der Waals surface area contributed by atoms with E-state index in [9.17, 15) is 5.11 Å². The smallest absolute Gasteiger partial charge is 0.162 e. The minimum absolute atomic E-state index is 0.125. The van der Waals surface area contributed by atoms with Gasteiger partial charge >= 0.3 is 0 Å². The molecule has 1 rings (SSSR count). The second-order valence-corrected chi connectivity index (χ2v) is 2.44. The van der Waals surface area contributed by atoms with Gasteiger partial charge in [0, 0.05) is 0 Å². The van der Waals surface area contributed by atoms with Crippen LogP contribution >= 0.6 is 0 Å². The highest BCUT2D eigenvalue weighted by Crippen LogP contribution is 2.22. The fourth-order valence-electron chi connectivity index (χ4n) is 0.779. The molecular formula is C8H10N2O. The Morgan fingerprint density at radius 1 is 1.55 bits per heavy atom. The molecule has 0 spiro atoms. The average molecular weight is 150 g/mol. The molecule has 0 atom stereocenters. The molecule has 11 heavy (non-hydrogen) atoms. The highest BCUT2D eigenvalue weighted by Gasteiger charge is 2.05. The van der Waals surface area contributed by atoms with Gasteiger partial charge in [0.15, 0.2) is 5.75 Å². The zero-order chi connectivity index (χ0) is 8.43. The molecule has 3 heteroatoms. The summed E-state index contributed by atoms with van der Waals surface area (Å²) >= 11 is 0. The van der Waals surface area contributed by atoms with Gasteiger partial charge in [-0.3, -0.25) is 0 Å². The molecule has 0 radical (unpaired) electrons. The molecule has 1 aromatic heterocycles. The van der Waals surface area contributed by atoms with Crippen molar-refractivity contribution in [3.63, 3.8) is 0 Å². The summed E-state index contributed by atoms with van der Waals surface area (Å²) in [7, 11) is 0. The summed E-state index contributed by atoms with van der Waals surface area (Å²) in [6.45, 7) is 7.20. The molecule has 0 aliphatic carbocycles. The molecule has 1 N–H and O–H groups in total. The summed E-state index contributed by atoms with van der Waals surface area (Å²) in [5.41, 5.74) is 1.85. The third-order valence-corrected chi connectivity index (χ3v) is 1.41. The topological polar surface area (TPSA) is 46.0 Å². The van der Waals surface area contributed by atoms with Gasteiger partial charge in [-0.15, -0.1) is 0 Å². The van der Waals surface area contributed by atoms with E-state index < -0.39 is 0 Å². The van der Waals surface area contributed by atoms with E-state index in [4.69, 9.17) is 0 Å². The van der Waals surface area contributed by atoms with Gasteiger partial charge < -0.3 is 5.11 Å². The molecule has 3 nitrogen and oxygen atoms in total. The van der Waals surface area contributed by atoms with Gasteiger partial charge in [0.25, 0.3) is 0 Å². The van der Waals surface area contributed by atoms with Crippen LogP contribution in [0.5, 0.6) is 5.75 Å². The second-order valence-electron chi connectivity index (χ2n) is 2.44. The minimum atomic E-state index is 0.125. The summed E-state index contributed by atoms with van der Waals surface area (Å²) in [4.78, 5) is 7.70. The fraction of sp³-hybridized carbons (Fsp3) is 0.250. The van der Waals surface area contributed by atoms with Crippen LogP contribution in [-0.2, 0) is 0 Å². The van der Waals surface area contributed by atoms with Crippen LogP contribution in [0.4, 0.5) is 0 Å². The highest BCUT2D eigenvalue weighted by molar-refractivity contribution is 5.63. The van der Waals surface area contributed by atoms with Gasteiger partial charge in [0.1, 0.15) is 12.0 Å². The number of allylic oxidation sites excluding steroid dienone is 1. The first-order chi connectivity index (χ1) is 5.13. The molecule has 0 saturated heterocycles. The summed E-state index contributed by atoms with van der Waals surface area (Å²) < 4.78 is 0. The minimum Gasteiger partial charge on any atom is -0.504 e. The first kappa shape index (κ1) is 7.72. The van der Waals surface area contributed by atoms with E-state index >= 15 is 0 Å². The third kappa shape index (κ3) is 1.37. The van der Waals surface area contributed by atoms with E-state index in [0.717, 1.165) is 5.57 Å². The Hall–Kier alpha value is -1.38. The third-order valence-electron chi connectivity index (χ3n) is 1.41. The second kappa shape index (κ2) is 2.70. The number of aromatic nitrogens is 2. The van der Waals surface area contributed by atoms with Crippen LogP contribution in [0.1, 0.15) is 18.3 Å². The van der Waals surface area contributed by atoms with Crippen LogP contribution < -0.4 is 0 Å². The number of hydrogen-bond acceptors (Lipinski definition) is 3. The van der Waals surface area contributed by atoms with E-state index in [1.54, 1.807) is 13.8 Å². The van der Waals surface area contributed by atoms with Gasteiger partial charge in [-0.25, -0.2) is 9.97 Å². The van der Waals surface area contributed by atoms with Gasteiger partial charge in [0.05, 0.1) is 5.69 Å². The lowest BCUT2D eigenvalue weighted by Crippen LogP contribution is -1.91. The van der Waals surface area contributed by atoms with Crippen molar-refractivity contribution >= 4 is 5.57 Å². The molecule has 1 heterocycles. The fourth-order valence-corrected chi connectivity index (χ4v) is 0.779. The Labute approximate surface area is 65.4 Å². The van der Waals surface area contributed by atoms with Crippen molar-refractivity contribution in [1.82, 2.24) is 9.97 Å². The van der Waals surface area contributed by atoms with Crippen molar-refractivity contribution in [1.29, 1.82) is 0 Å². The molecule has 0 amide bonds. The number of hydrogen-bond donors (Lipinski definition) is 1. The van der Waals surface area contributed by atoms with Crippen molar-refractivity contribution in [2.75, 3.05) is 0 Å². The Bertz CT molecular complexity index is 294. The Balaban J connectivity index is 3.27. The molecule has 0 unspecified atom stereocenters. The van der Waals surface area contributed by atoms with Crippen molar-refractivity contribution in [3.05, 3.63) is 24.3 Å². The summed E-state index contributed by atoms with van der Waals surface area (Å²) in [5, 5.41) is 9.38. The zero-order valence-corrected chi connectivity index (χ0v) is 6.63. The van der Waals surface area contributed by atoms with Crippen LogP contribution in [0.2, 0.25) is 0 Å². The van der Waals surface area contributed by atoms with Crippen LogP contribution in [0.15, 0.2) is 12.9 Å². The summed E-state index contributed by atoms with van der Waals surface area (Å²) in [5.74, 6) is 0.125. The summed E-state index contributed by atoms with van der Waals surface area (Å²) in [6.07, 6.45) is 1.42. The van der Waals surface area contributed by atoms with Gasteiger partial charge in [-0.1, -0.05) is 6.58 Å². The predicted molar refractivity (Wildman–Crippen MR) is 43.1 cm³/mol. The summed E-state index contributed by atoms with van der Waals surface area (Å²) in [6, 6.07) is 0. The molecule has 0 fully saturated rings. The van der Waals surface area contributed by atoms with Crippen molar-refractivity contribution in [2.45, 2.75) is 13.8 Å². The van der Waals surface area contributed by atoms with Crippen molar-refractivity contribution in [2.24, 2.45) is 0 Å². The molecule has 0 bridgehead atoms. The number of aryl methyl sites for hydroxylation is 1. The molecule has 0 saturated carbocycles. The van der Waals surface area contributed by atoms with E-state index in [-0.39, 0.29) is 5.75 Å². The molecule has 0 aromatic carbocycles. The SMILES string of the molecule is C=C(C)c1ncnc(C)c1O. The Morgan fingerprint density at radius 2 is 2.18 bits per heavy atom. The van der Waals surface area contributed by atoms with Crippen LogP contribution in [0, 0.1) is 6.92 Å². The monoisotopic (exact) mass is 150 g/mol. The standard InChI is InChI=1S/C8H10N2O/c1-5(2)7-8(11)6(3)9-4-10-7/h4,11H,1H2,2-3H3. The number of nitrogens with zero attached hydrogens (tertiary/aromatic N) is 2. The quantitative estimate of drug-likeness (QED) is 0.660. The lowest BCUT2D eigenvalue weighted by atomic mass is 10.2. The van der Waals surface area contributed by atoms with Crippen LogP contribution in [0.25, 0.3) is 5.57 Å². The molecule has 58 valence electrons. The normalized spacial score (nSPS) is 9.64. The average Bonchev–Trinajstić information content (AvgIpc) is 1.94. The first-order valence-electron chi connectivity index (χ1n) is 3.29. The van der Waals surface area contributed by atoms with Gasteiger partial charge in [0.2, 0.25) is 0 Å². The maximum atomic E-state index is 9.38. The number of aromatic hydroxyl groups is 1. The first-order valence-corrected chi connectivity index (χ1v) is 3.29. The number of rotatable bonds is 1. The lowest BCUT2D eigenvalue weighted by Gasteiger charge is -2.02. The van der Waals surface area contributed by atoms with Crippen LogP contribution in [-0.4, -0.2) is 15.1 Å². The van der Waals surface area contributed by atoms with E-state index in [1.165, 1.54) is 6.33 Å². The Morgan fingerprint density at radius 3 is 2.64 bits per heavy atom. The molecular weight excluding hydrogens is 140 g/mol. The maximum Gasteiger partial charge on any atom is 0.162 e. The van der Waals surface area contributed by atoms with Crippen molar-refractivity contribution in [3.8, 4) is 5.75 Å². The molecule has 0 aliphatic rings. The van der Waals surface area contributed by atoms with Crippen molar-refractivity contribution < 1.29 is 5.11 Å². The largest absolute Gasteiger partial charge is 0.504 e. The lowest BCUT2D eigenvalue weighted by molar-refractivity contribution is 0.462. The molecule has 1 aromatic rings. The van der Waals surface area contributed by atoms with E-state index in [2.05, 4.69) is 16.5 Å². The van der Waals surface area contributed by atoms with Crippen LogP contribution in [0.3, 0.4) is 0 Å². The molecule has 0 aliphatic heterocycles. The van der Waals surface area contributed by atoms with Gasteiger partial charge in [-0.05, 0) is 19.4 Å².